The molecule has 0 aliphatic carbocycles. The van der Waals surface area contributed by atoms with Crippen LogP contribution in [0.5, 0.6) is 0 Å². The van der Waals surface area contributed by atoms with Crippen LogP contribution < -0.4 is 5.32 Å². The van der Waals surface area contributed by atoms with Crippen LogP contribution in [-0.2, 0) is 4.74 Å². The average Bonchev–Trinajstić information content (AvgIpc) is 2.26. The summed E-state index contributed by atoms with van der Waals surface area (Å²) in [5, 5.41) is 3.21. The lowest BCUT2D eigenvalue weighted by atomic mass is 10.0. The maximum absolute atomic E-state index is 5.36. The summed E-state index contributed by atoms with van der Waals surface area (Å²) in [6.07, 6.45) is 4.14. The topological polar surface area (TPSA) is 24.5 Å². The van der Waals surface area contributed by atoms with E-state index in [1.165, 1.54) is 32.4 Å². The summed E-state index contributed by atoms with van der Waals surface area (Å²) < 4.78 is 5.36. The van der Waals surface area contributed by atoms with Gasteiger partial charge in [0.2, 0.25) is 0 Å². The standard InChI is InChI=1S/C11H24N2O/c1-10(4-7-12-2)13-8-5-11(14-3)6-9-13/h10-12H,4-9H2,1-3H3. The Morgan fingerprint density at radius 2 is 2.07 bits per heavy atom. The molecule has 0 aromatic heterocycles. The van der Waals surface area contributed by atoms with Crippen molar-refractivity contribution in [1.29, 1.82) is 0 Å². The minimum absolute atomic E-state index is 0.503. The molecule has 0 aromatic rings. The van der Waals surface area contributed by atoms with Crippen molar-refractivity contribution >= 4 is 0 Å². The molecule has 0 amide bonds. The van der Waals surface area contributed by atoms with E-state index in [0.717, 1.165) is 6.54 Å². The molecule has 1 rings (SSSR count). The van der Waals surface area contributed by atoms with Crippen LogP contribution in [0.2, 0.25) is 0 Å². The first-order chi connectivity index (χ1) is 6.77. The molecular weight excluding hydrogens is 176 g/mol. The van der Waals surface area contributed by atoms with Crippen molar-refractivity contribution in [3.05, 3.63) is 0 Å². The molecule has 0 bridgehead atoms. The van der Waals surface area contributed by atoms with Gasteiger partial charge in [-0.25, -0.2) is 0 Å². The highest BCUT2D eigenvalue weighted by molar-refractivity contribution is 4.76. The highest BCUT2D eigenvalue weighted by Crippen LogP contribution is 2.16. The number of likely N-dealkylation sites (tertiary alicyclic amines) is 1. The minimum Gasteiger partial charge on any atom is -0.381 e. The normalized spacial score (nSPS) is 22.5. The van der Waals surface area contributed by atoms with Crippen LogP contribution in [0.4, 0.5) is 0 Å². The lowest BCUT2D eigenvalue weighted by Crippen LogP contribution is -2.42. The van der Waals surface area contributed by atoms with Crippen molar-refractivity contribution in [2.75, 3.05) is 33.8 Å². The highest BCUT2D eigenvalue weighted by atomic mass is 16.5. The van der Waals surface area contributed by atoms with Crippen molar-refractivity contribution in [2.24, 2.45) is 0 Å². The third-order valence-electron chi connectivity index (χ3n) is 3.25. The summed E-state index contributed by atoms with van der Waals surface area (Å²) in [6, 6.07) is 0.709. The van der Waals surface area contributed by atoms with E-state index < -0.39 is 0 Å². The van der Waals surface area contributed by atoms with Gasteiger partial charge in [-0.1, -0.05) is 0 Å². The van der Waals surface area contributed by atoms with Crippen molar-refractivity contribution in [3.63, 3.8) is 0 Å². The predicted molar refractivity (Wildman–Crippen MR) is 59.6 cm³/mol. The molecular formula is C11H24N2O. The monoisotopic (exact) mass is 200 g/mol. The van der Waals surface area contributed by atoms with Gasteiger partial charge < -0.3 is 15.0 Å². The molecule has 1 aliphatic heterocycles. The molecule has 3 nitrogen and oxygen atoms in total. The number of nitrogens with zero attached hydrogens (tertiary/aromatic N) is 1. The van der Waals surface area contributed by atoms with E-state index >= 15 is 0 Å². The summed E-state index contributed by atoms with van der Waals surface area (Å²) in [5.74, 6) is 0. The molecule has 14 heavy (non-hydrogen) atoms. The molecule has 1 fully saturated rings. The summed E-state index contributed by atoms with van der Waals surface area (Å²) in [5.41, 5.74) is 0. The molecule has 1 unspecified atom stereocenters. The molecule has 1 atom stereocenters. The Morgan fingerprint density at radius 3 is 2.57 bits per heavy atom. The first kappa shape index (κ1) is 12.0. The quantitative estimate of drug-likeness (QED) is 0.719. The molecule has 0 saturated carbocycles. The molecule has 1 N–H and O–H groups in total. The fourth-order valence-electron chi connectivity index (χ4n) is 2.09. The zero-order chi connectivity index (χ0) is 10.4. The lowest BCUT2D eigenvalue weighted by Gasteiger charge is -2.35. The number of rotatable bonds is 5. The third-order valence-corrected chi connectivity index (χ3v) is 3.25. The molecule has 1 saturated heterocycles. The van der Waals surface area contributed by atoms with Gasteiger partial charge in [-0.3, -0.25) is 0 Å². The van der Waals surface area contributed by atoms with E-state index in [1.807, 2.05) is 14.2 Å². The molecule has 3 heteroatoms. The number of piperidine rings is 1. The van der Waals surface area contributed by atoms with Gasteiger partial charge in [0.1, 0.15) is 0 Å². The molecule has 0 spiro atoms. The van der Waals surface area contributed by atoms with E-state index in [9.17, 15) is 0 Å². The van der Waals surface area contributed by atoms with Crippen molar-refractivity contribution < 1.29 is 4.74 Å². The Labute approximate surface area is 87.8 Å². The van der Waals surface area contributed by atoms with Gasteiger partial charge in [-0.15, -0.1) is 0 Å². The largest absolute Gasteiger partial charge is 0.381 e. The first-order valence-corrected chi connectivity index (χ1v) is 5.69. The fraction of sp³-hybridized carbons (Fsp3) is 1.00. The van der Waals surface area contributed by atoms with E-state index in [2.05, 4.69) is 17.1 Å². The lowest BCUT2D eigenvalue weighted by molar-refractivity contribution is 0.0287. The van der Waals surface area contributed by atoms with E-state index in [4.69, 9.17) is 4.74 Å². The summed E-state index contributed by atoms with van der Waals surface area (Å²) in [4.78, 5) is 2.58. The Bertz CT molecular complexity index is 144. The van der Waals surface area contributed by atoms with Gasteiger partial charge in [-0.2, -0.15) is 0 Å². The van der Waals surface area contributed by atoms with E-state index in [0.29, 0.717) is 12.1 Å². The summed E-state index contributed by atoms with van der Waals surface area (Å²) >= 11 is 0. The smallest absolute Gasteiger partial charge is 0.0595 e. The number of nitrogens with one attached hydrogen (secondary N) is 1. The number of hydrogen-bond acceptors (Lipinski definition) is 3. The Hall–Kier alpha value is -0.120. The SMILES string of the molecule is CNCCC(C)N1CCC(OC)CC1. The van der Waals surface area contributed by atoms with Crippen molar-refractivity contribution in [1.82, 2.24) is 10.2 Å². The molecule has 1 heterocycles. The number of methoxy groups -OCH3 is 1. The number of hydrogen-bond donors (Lipinski definition) is 1. The van der Waals surface area contributed by atoms with Crippen LogP contribution in [0.1, 0.15) is 26.2 Å². The number of ether oxygens (including phenoxy) is 1. The van der Waals surface area contributed by atoms with Gasteiger partial charge in [0.25, 0.3) is 0 Å². The first-order valence-electron chi connectivity index (χ1n) is 5.69. The minimum atomic E-state index is 0.503. The fourth-order valence-corrected chi connectivity index (χ4v) is 2.09. The van der Waals surface area contributed by atoms with Crippen LogP contribution in [0.15, 0.2) is 0 Å². The van der Waals surface area contributed by atoms with Gasteiger partial charge in [0.05, 0.1) is 6.10 Å². The molecule has 0 aromatic carbocycles. The van der Waals surface area contributed by atoms with E-state index in [-0.39, 0.29) is 0 Å². The second-order valence-corrected chi connectivity index (χ2v) is 4.21. The van der Waals surface area contributed by atoms with Gasteiger partial charge >= 0.3 is 0 Å². The van der Waals surface area contributed by atoms with Crippen molar-refractivity contribution in [2.45, 2.75) is 38.3 Å². The zero-order valence-electron chi connectivity index (χ0n) is 9.75. The van der Waals surface area contributed by atoms with Gasteiger partial charge in [0, 0.05) is 26.2 Å². The summed E-state index contributed by atoms with van der Waals surface area (Å²) in [6.45, 7) is 5.84. The second kappa shape index (κ2) is 6.38. The van der Waals surface area contributed by atoms with Crippen LogP contribution in [0.3, 0.4) is 0 Å². The average molecular weight is 200 g/mol. The van der Waals surface area contributed by atoms with Gasteiger partial charge in [0.15, 0.2) is 0 Å². The van der Waals surface area contributed by atoms with Crippen LogP contribution in [0.25, 0.3) is 0 Å². The molecule has 0 radical (unpaired) electrons. The highest BCUT2D eigenvalue weighted by Gasteiger charge is 2.21. The van der Waals surface area contributed by atoms with Crippen molar-refractivity contribution in [3.8, 4) is 0 Å². The maximum Gasteiger partial charge on any atom is 0.0595 e. The molecule has 84 valence electrons. The molecule has 1 aliphatic rings. The van der Waals surface area contributed by atoms with Crippen LogP contribution in [0, 0.1) is 0 Å². The van der Waals surface area contributed by atoms with Gasteiger partial charge in [-0.05, 0) is 39.8 Å². The van der Waals surface area contributed by atoms with Crippen LogP contribution >= 0.6 is 0 Å². The Kier molecular flexibility index (Phi) is 5.45. The zero-order valence-corrected chi connectivity index (χ0v) is 9.75. The third kappa shape index (κ3) is 3.56. The maximum atomic E-state index is 5.36. The van der Waals surface area contributed by atoms with E-state index in [1.54, 1.807) is 0 Å². The van der Waals surface area contributed by atoms with Crippen LogP contribution in [-0.4, -0.2) is 50.8 Å². The predicted octanol–water partition coefficient (Wildman–Crippen LogP) is 1.10. The second-order valence-electron chi connectivity index (χ2n) is 4.21. The summed E-state index contributed by atoms with van der Waals surface area (Å²) in [7, 11) is 3.84. The Balaban J connectivity index is 2.19. The Morgan fingerprint density at radius 1 is 1.43 bits per heavy atom.